The average molecular weight is 268 g/mol. The van der Waals surface area contributed by atoms with Crippen LogP contribution >= 0.6 is 0 Å². The molecule has 1 saturated heterocycles. The SMILES string of the molecule is CCC(C(C)C(C)C)N1C(C)(C)CC(N)CC1(C)C. The third-order valence-corrected chi connectivity index (χ3v) is 5.24. The molecule has 0 aromatic heterocycles. The third kappa shape index (κ3) is 3.52. The van der Waals surface area contributed by atoms with Crippen LogP contribution in [0.4, 0.5) is 0 Å². The van der Waals surface area contributed by atoms with E-state index in [9.17, 15) is 0 Å². The van der Waals surface area contributed by atoms with Gasteiger partial charge in [-0.2, -0.15) is 0 Å². The van der Waals surface area contributed by atoms with Crippen molar-refractivity contribution in [2.24, 2.45) is 17.6 Å². The van der Waals surface area contributed by atoms with Crippen LogP contribution in [0.5, 0.6) is 0 Å². The van der Waals surface area contributed by atoms with Crippen molar-refractivity contribution in [3.63, 3.8) is 0 Å². The van der Waals surface area contributed by atoms with Crippen molar-refractivity contribution in [2.75, 3.05) is 0 Å². The summed E-state index contributed by atoms with van der Waals surface area (Å²) in [7, 11) is 0. The van der Waals surface area contributed by atoms with Crippen molar-refractivity contribution in [2.45, 2.75) is 97.8 Å². The molecule has 2 N–H and O–H groups in total. The summed E-state index contributed by atoms with van der Waals surface area (Å²) in [6, 6.07) is 0.991. The van der Waals surface area contributed by atoms with Crippen LogP contribution < -0.4 is 5.73 Å². The molecule has 1 heterocycles. The molecule has 1 fully saturated rings. The molecule has 0 amide bonds. The Morgan fingerprint density at radius 3 is 1.79 bits per heavy atom. The zero-order chi connectivity index (χ0) is 15.0. The average Bonchev–Trinajstić information content (AvgIpc) is 2.19. The van der Waals surface area contributed by atoms with Crippen molar-refractivity contribution in [3.8, 4) is 0 Å². The van der Waals surface area contributed by atoms with E-state index in [1.807, 2.05) is 0 Å². The predicted molar refractivity (Wildman–Crippen MR) is 85.3 cm³/mol. The molecule has 0 radical (unpaired) electrons. The summed E-state index contributed by atoms with van der Waals surface area (Å²) < 4.78 is 0. The van der Waals surface area contributed by atoms with Crippen LogP contribution in [-0.2, 0) is 0 Å². The van der Waals surface area contributed by atoms with Gasteiger partial charge in [0.05, 0.1) is 0 Å². The monoisotopic (exact) mass is 268 g/mol. The van der Waals surface area contributed by atoms with Gasteiger partial charge in [0, 0.05) is 23.2 Å². The summed E-state index contributed by atoms with van der Waals surface area (Å²) in [6.45, 7) is 19.0. The fourth-order valence-corrected chi connectivity index (χ4v) is 4.50. The molecule has 2 heteroatoms. The van der Waals surface area contributed by atoms with Crippen LogP contribution in [0.25, 0.3) is 0 Å². The molecule has 1 rings (SSSR count). The smallest absolute Gasteiger partial charge is 0.0176 e. The lowest BCUT2D eigenvalue weighted by molar-refractivity contribution is -0.0881. The molecule has 0 bridgehead atoms. The first-order valence-electron chi connectivity index (χ1n) is 8.08. The first kappa shape index (κ1) is 17.0. The minimum absolute atomic E-state index is 0.199. The Morgan fingerprint density at radius 1 is 1.05 bits per heavy atom. The predicted octanol–water partition coefficient (Wildman–Crippen LogP) is 4.04. The quantitative estimate of drug-likeness (QED) is 0.834. The highest BCUT2D eigenvalue weighted by Gasteiger charge is 2.48. The minimum Gasteiger partial charge on any atom is -0.328 e. The Kier molecular flexibility index (Phi) is 5.12. The van der Waals surface area contributed by atoms with Crippen LogP contribution in [0.1, 0.15) is 74.7 Å². The van der Waals surface area contributed by atoms with Gasteiger partial charge in [-0.25, -0.2) is 0 Å². The van der Waals surface area contributed by atoms with E-state index in [2.05, 4.69) is 60.3 Å². The largest absolute Gasteiger partial charge is 0.328 e. The molecule has 2 nitrogen and oxygen atoms in total. The number of hydrogen-bond donors (Lipinski definition) is 1. The molecule has 0 saturated carbocycles. The van der Waals surface area contributed by atoms with Crippen LogP contribution in [0.15, 0.2) is 0 Å². The summed E-state index contributed by atoms with van der Waals surface area (Å²) in [6.07, 6.45) is 3.44. The van der Waals surface area contributed by atoms with E-state index in [-0.39, 0.29) is 11.1 Å². The second-order valence-electron chi connectivity index (χ2n) is 8.24. The van der Waals surface area contributed by atoms with Crippen LogP contribution in [0.3, 0.4) is 0 Å². The van der Waals surface area contributed by atoms with E-state index < -0.39 is 0 Å². The van der Waals surface area contributed by atoms with E-state index in [1.165, 1.54) is 6.42 Å². The molecule has 0 aliphatic carbocycles. The highest BCUT2D eigenvalue weighted by Crippen LogP contribution is 2.42. The van der Waals surface area contributed by atoms with Crippen molar-refractivity contribution in [1.82, 2.24) is 4.90 Å². The van der Waals surface area contributed by atoms with Crippen LogP contribution in [0, 0.1) is 11.8 Å². The number of hydrogen-bond acceptors (Lipinski definition) is 2. The summed E-state index contributed by atoms with van der Waals surface area (Å²) in [4.78, 5) is 2.79. The third-order valence-electron chi connectivity index (χ3n) is 5.24. The molecular weight excluding hydrogens is 232 g/mol. The van der Waals surface area contributed by atoms with E-state index >= 15 is 0 Å². The van der Waals surface area contributed by atoms with Gasteiger partial charge < -0.3 is 5.73 Å². The molecule has 0 aromatic rings. The Hall–Kier alpha value is -0.0800. The molecule has 2 atom stereocenters. The van der Waals surface area contributed by atoms with Gasteiger partial charge >= 0.3 is 0 Å². The summed E-state index contributed by atoms with van der Waals surface area (Å²) in [5.41, 5.74) is 6.70. The highest BCUT2D eigenvalue weighted by atomic mass is 15.3. The summed E-state index contributed by atoms with van der Waals surface area (Å²) in [5, 5.41) is 0. The maximum atomic E-state index is 6.30. The number of nitrogens with two attached hydrogens (primary N) is 1. The topological polar surface area (TPSA) is 29.3 Å². The lowest BCUT2D eigenvalue weighted by Gasteiger charge is -2.59. The van der Waals surface area contributed by atoms with Crippen molar-refractivity contribution < 1.29 is 0 Å². The van der Waals surface area contributed by atoms with Gasteiger partial charge in [0.2, 0.25) is 0 Å². The van der Waals surface area contributed by atoms with Gasteiger partial charge in [0.25, 0.3) is 0 Å². The summed E-state index contributed by atoms with van der Waals surface area (Å²) in [5.74, 6) is 1.45. The molecule has 0 aromatic carbocycles. The zero-order valence-electron chi connectivity index (χ0n) is 14.5. The molecule has 19 heavy (non-hydrogen) atoms. The van der Waals surface area contributed by atoms with Gasteiger partial charge in [0.1, 0.15) is 0 Å². The lowest BCUT2D eigenvalue weighted by atomic mass is 9.73. The van der Waals surface area contributed by atoms with Gasteiger partial charge in [-0.05, 0) is 58.8 Å². The molecule has 1 aliphatic rings. The van der Waals surface area contributed by atoms with Gasteiger partial charge in [-0.1, -0.05) is 27.7 Å². The fraction of sp³-hybridized carbons (Fsp3) is 1.00. The molecular formula is C17H36N2. The van der Waals surface area contributed by atoms with E-state index in [1.54, 1.807) is 0 Å². The van der Waals surface area contributed by atoms with E-state index in [4.69, 9.17) is 5.73 Å². The first-order valence-corrected chi connectivity index (χ1v) is 8.08. The number of rotatable bonds is 4. The Labute approximate surface area is 121 Å². The molecule has 1 aliphatic heterocycles. The standard InChI is InChI=1S/C17H36N2/c1-9-15(13(4)12(2)3)19-16(5,6)10-14(18)11-17(19,7)8/h12-15H,9-11,18H2,1-8H3. The molecule has 114 valence electrons. The van der Waals surface area contributed by atoms with Gasteiger partial charge in [-0.3, -0.25) is 4.90 Å². The highest BCUT2D eigenvalue weighted by molar-refractivity contribution is 5.04. The van der Waals surface area contributed by atoms with Gasteiger partial charge in [0.15, 0.2) is 0 Å². The second-order valence-corrected chi connectivity index (χ2v) is 8.24. The molecule has 0 spiro atoms. The maximum Gasteiger partial charge on any atom is 0.0176 e. The normalized spacial score (nSPS) is 27.5. The molecule has 2 unspecified atom stereocenters. The number of nitrogens with zero attached hydrogens (tertiary/aromatic N) is 1. The Balaban J connectivity index is 3.11. The van der Waals surface area contributed by atoms with Crippen molar-refractivity contribution >= 4 is 0 Å². The van der Waals surface area contributed by atoms with Crippen molar-refractivity contribution in [1.29, 1.82) is 0 Å². The summed E-state index contributed by atoms with van der Waals surface area (Å²) >= 11 is 0. The fourth-order valence-electron chi connectivity index (χ4n) is 4.50. The minimum atomic E-state index is 0.199. The Morgan fingerprint density at radius 2 is 1.47 bits per heavy atom. The maximum absolute atomic E-state index is 6.30. The van der Waals surface area contributed by atoms with Gasteiger partial charge in [-0.15, -0.1) is 0 Å². The van der Waals surface area contributed by atoms with Crippen molar-refractivity contribution in [3.05, 3.63) is 0 Å². The lowest BCUT2D eigenvalue weighted by Crippen LogP contribution is -2.67. The van der Waals surface area contributed by atoms with Crippen LogP contribution in [0.2, 0.25) is 0 Å². The van der Waals surface area contributed by atoms with E-state index in [0.29, 0.717) is 12.1 Å². The first-order chi connectivity index (χ1) is 8.53. The second kappa shape index (κ2) is 5.73. The Bertz CT molecular complexity index is 276. The number of likely N-dealkylation sites (tertiary alicyclic amines) is 1. The number of piperidine rings is 1. The zero-order valence-corrected chi connectivity index (χ0v) is 14.5. The van der Waals surface area contributed by atoms with E-state index in [0.717, 1.165) is 24.7 Å². The van der Waals surface area contributed by atoms with Crippen LogP contribution in [-0.4, -0.2) is 28.1 Å².